The van der Waals surface area contributed by atoms with Crippen LogP contribution in [0.4, 0.5) is 0 Å². The average molecular weight is 204 g/mol. The zero-order chi connectivity index (χ0) is 10.5. The van der Waals surface area contributed by atoms with Crippen LogP contribution in [0, 0.1) is 0 Å². The quantitative estimate of drug-likeness (QED) is 0.702. The van der Waals surface area contributed by atoms with Crippen molar-refractivity contribution in [1.29, 1.82) is 0 Å². The molecule has 0 aliphatic heterocycles. The van der Waals surface area contributed by atoms with E-state index in [9.17, 15) is 0 Å². The molecule has 2 aromatic rings. The van der Waals surface area contributed by atoms with Crippen molar-refractivity contribution in [2.45, 2.75) is 6.54 Å². The van der Waals surface area contributed by atoms with E-state index in [1.807, 2.05) is 36.1 Å². The van der Waals surface area contributed by atoms with Crippen LogP contribution in [0.15, 0.2) is 30.6 Å². The molecule has 2 aromatic heterocycles. The monoisotopic (exact) mass is 204 g/mol. The minimum atomic E-state index is 0.870. The minimum Gasteiger partial charge on any atom is -0.318 e. The lowest BCUT2D eigenvalue weighted by atomic mass is 10.2. The summed E-state index contributed by atoms with van der Waals surface area (Å²) in [6, 6.07) is 6.11. The summed E-state index contributed by atoms with van der Waals surface area (Å²) in [5.74, 6) is 0. The Morgan fingerprint density at radius 1 is 1.33 bits per heavy atom. The second kappa shape index (κ2) is 4.91. The van der Waals surface area contributed by atoms with Crippen LogP contribution in [0.5, 0.6) is 0 Å². The van der Waals surface area contributed by atoms with Gasteiger partial charge in [0.05, 0.1) is 11.7 Å². The number of hydrogen-bond donors (Lipinski definition) is 2. The highest BCUT2D eigenvalue weighted by atomic mass is 15.2. The van der Waals surface area contributed by atoms with E-state index in [0.29, 0.717) is 0 Å². The zero-order valence-electron chi connectivity index (χ0n) is 8.90. The molecule has 0 saturated carbocycles. The summed E-state index contributed by atoms with van der Waals surface area (Å²) in [4.78, 5) is 0. The van der Waals surface area contributed by atoms with E-state index in [1.54, 1.807) is 0 Å². The number of nitrogens with one attached hydrogen (secondary N) is 2. The molecule has 0 atom stereocenters. The number of fused-ring (bicyclic) bond motifs is 1. The van der Waals surface area contributed by atoms with E-state index < -0.39 is 0 Å². The van der Waals surface area contributed by atoms with E-state index in [2.05, 4.69) is 21.8 Å². The van der Waals surface area contributed by atoms with Crippen molar-refractivity contribution < 1.29 is 0 Å². The van der Waals surface area contributed by atoms with Crippen LogP contribution in [-0.2, 0) is 6.54 Å². The highest BCUT2D eigenvalue weighted by Crippen LogP contribution is 2.08. The van der Waals surface area contributed by atoms with E-state index in [1.165, 1.54) is 11.1 Å². The molecule has 0 aliphatic carbocycles. The molecule has 2 heterocycles. The highest BCUT2D eigenvalue weighted by Gasteiger charge is 2.01. The lowest BCUT2D eigenvalue weighted by Crippen LogP contribution is -2.24. The number of nitrogens with zero attached hydrogens (tertiary/aromatic N) is 2. The van der Waals surface area contributed by atoms with Gasteiger partial charge in [0, 0.05) is 31.4 Å². The summed E-state index contributed by atoms with van der Waals surface area (Å²) in [7, 11) is 1.96. The first-order valence-electron chi connectivity index (χ1n) is 5.18. The molecular weight excluding hydrogens is 188 g/mol. The Kier molecular flexibility index (Phi) is 3.32. The fourth-order valence-electron chi connectivity index (χ4n) is 1.56. The highest BCUT2D eigenvalue weighted by molar-refractivity contribution is 5.53. The summed E-state index contributed by atoms with van der Waals surface area (Å²) in [6.45, 7) is 2.83. The lowest BCUT2D eigenvalue weighted by Gasteiger charge is -2.02. The molecule has 0 amide bonds. The van der Waals surface area contributed by atoms with Crippen molar-refractivity contribution in [3.8, 4) is 0 Å². The summed E-state index contributed by atoms with van der Waals surface area (Å²) in [5, 5.41) is 10.7. The Morgan fingerprint density at radius 2 is 2.27 bits per heavy atom. The maximum atomic E-state index is 4.28. The average Bonchev–Trinajstić information content (AvgIpc) is 2.68. The van der Waals surface area contributed by atoms with Gasteiger partial charge in [0.15, 0.2) is 0 Å². The van der Waals surface area contributed by atoms with E-state index in [4.69, 9.17) is 0 Å². The third-order valence-corrected chi connectivity index (χ3v) is 2.37. The molecule has 0 radical (unpaired) electrons. The zero-order valence-corrected chi connectivity index (χ0v) is 8.90. The second-order valence-corrected chi connectivity index (χ2v) is 3.48. The smallest absolute Gasteiger partial charge is 0.0706 e. The van der Waals surface area contributed by atoms with Crippen molar-refractivity contribution in [1.82, 2.24) is 20.2 Å². The maximum Gasteiger partial charge on any atom is 0.0706 e. The molecule has 2 N–H and O–H groups in total. The molecule has 0 spiro atoms. The van der Waals surface area contributed by atoms with Gasteiger partial charge in [-0.15, -0.1) is 0 Å². The molecule has 4 heteroatoms. The SMILES string of the molecule is CNCCNCc1cnn2ccccc12. The summed E-state index contributed by atoms with van der Waals surface area (Å²) < 4.78 is 1.90. The molecule has 0 aliphatic rings. The van der Waals surface area contributed by atoms with Gasteiger partial charge in [0.2, 0.25) is 0 Å². The maximum absolute atomic E-state index is 4.28. The molecule has 0 fully saturated rings. The Bertz CT molecular complexity index is 421. The molecular formula is C11H16N4. The first kappa shape index (κ1) is 10.1. The minimum absolute atomic E-state index is 0.870. The lowest BCUT2D eigenvalue weighted by molar-refractivity contribution is 0.652. The predicted molar refractivity (Wildman–Crippen MR) is 60.8 cm³/mol. The van der Waals surface area contributed by atoms with Crippen LogP contribution in [0.3, 0.4) is 0 Å². The van der Waals surface area contributed by atoms with E-state index >= 15 is 0 Å². The number of rotatable bonds is 5. The van der Waals surface area contributed by atoms with Gasteiger partial charge in [-0.1, -0.05) is 6.07 Å². The molecule has 0 saturated heterocycles. The van der Waals surface area contributed by atoms with Crippen LogP contribution >= 0.6 is 0 Å². The fraction of sp³-hybridized carbons (Fsp3) is 0.364. The van der Waals surface area contributed by atoms with Crippen LogP contribution in [0.2, 0.25) is 0 Å². The first-order chi connectivity index (χ1) is 7.42. The molecule has 2 rings (SSSR count). The number of hydrogen-bond acceptors (Lipinski definition) is 3. The van der Waals surface area contributed by atoms with Crippen molar-refractivity contribution in [2.75, 3.05) is 20.1 Å². The predicted octanol–water partition coefficient (Wildman–Crippen LogP) is 0.643. The standard InChI is InChI=1S/C11H16N4/c1-12-5-6-13-8-10-9-14-15-7-3-2-4-11(10)15/h2-4,7,9,12-13H,5-6,8H2,1H3. The van der Waals surface area contributed by atoms with Gasteiger partial charge in [0.1, 0.15) is 0 Å². The van der Waals surface area contributed by atoms with Gasteiger partial charge in [-0.05, 0) is 19.2 Å². The first-order valence-corrected chi connectivity index (χ1v) is 5.18. The van der Waals surface area contributed by atoms with Crippen LogP contribution < -0.4 is 10.6 Å². The van der Waals surface area contributed by atoms with Gasteiger partial charge < -0.3 is 10.6 Å². The Labute approximate surface area is 89.3 Å². The van der Waals surface area contributed by atoms with Crippen LogP contribution in [-0.4, -0.2) is 29.8 Å². The summed E-state index contributed by atoms with van der Waals surface area (Å²) in [5.41, 5.74) is 2.42. The Morgan fingerprint density at radius 3 is 3.13 bits per heavy atom. The van der Waals surface area contributed by atoms with Crippen LogP contribution in [0.1, 0.15) is 5.56 Å². The molecule has 0 unspecified atom stereocenters. The van der Waals surface area contributed by atoms with Crippen molar-refractivity contribution >= 4 is 5.52 Å². The van der Waals surface area contributed by atoms with E-state index in [0.717, 1.165) is 19.6 Å². The fourth-order valence-corrected chi connectivity index (χ4v) is 1.56. The third kappa shape index (κ3) is 2.34. The van der Waals surface area contributed by atoms with Gasteiger partial charge >= 0.3 is 0 Å². The Balaban J connectivity index is 2.02. The molecule has 0 aromatic carbocycles. The van der Waals surface area contributed by atoms with Gasteiger partial charge in [-0.25, -0.2) is 4.52 Å². The van der Waals surface area contributed by atoms with Gasteiger partial charge in [0.25, 0.3) is 0 Å². The summed E-state index contributed by atoms with van der Waals surface area (Å²) in [6.07, 6.45) is 3.88. The normalized spacial score (nSPS) is 11.0. The van der Waals surface area contributed by atoms with Crippen molar-refractivity contribution in [2.24, 2.45) is 0 Å². The summed E-state index contributed by atoms with van der Waals surface area (Å²) >= 11 is 0. The molecule has 4 nitrogen and oxygen atoms in total. The molecule has 15 heavy (non-hydrogen) atoms. The number of likely N-dealkylation sites (N-methyl/N-ethyl adjacent to an activating group) is 1. The number of pyridine rings is 1. The van der Waals surface area contributed by atoms with Gasteiger partial charge in [-0.2, -0.15) is 5.10 Å². The number of aromatic nitrogens is 2. The molecule has 80 valence electrons. The second-order valence-electron chi connectivity index (χ2n) is 3.48. The Hall–Kier alpha value is -1.39. The van der Waals surface area contributed by atoms with E-state index in [-0.39, 0.29) is 0 Å². The van der Waals surface area contributed by atoms with Crippen molar-refractivity contribution in [3.63, 3.8) is 0 Å². The largest absolute Gasteiger partial charge is 0.318 e. The van der Waals surface area contributed by atoms with Crippen molar-refractivity contribution in [3.05, 3.63) is 36.2 Å². The van der Waals surface area contributed by atoms with Gasteiger partial charge in [-0.3, -0.25) is 0 Å². The molecule has 0 bridgehead atoms. The van der Waals surface area contributed by atoms with Crippen LogP contribution in [0.25, 0.3) is 5.52 Å². The topological polar surface area (TPSA) is 41.4 Å². The third-order valence-electron chi connectivity index (χ3n) is 2.37.